The Bertz CT molecular complexity index is 1370. The van der Waals surface area contributed by atoms with E-state index >= 15 is 0 Å². The zero-order chi connectivity index (χ0) is 28.4. The Hall–Kier alpha value is -3.46. The number of nitrogens with zero attached hydrogens (tertiary/aromatic N) is 4. The summed E-state index contributed by atoms with van der Waals surface area (Å²) in [5.41, 5.74) is 1.32. The van der Waals surface area contributed by atoms with Crippen molar-refractivity contribution < 1.29 is 40.6 Å². The standard InChI is InChI=1S/C32H37FN4O4.Ni/c33-26-7-10-29(34-22-24-5-8-27(20-31(24)38)40-17-15-36-11-1-2-12-36)30(19-26)35-23-25-6-9-28(21-32(25)39)41-18-16-37-13-3-4-14-37;/h5-10,19-23,38-39H,1-4,11-18H2;/q;+2/p-2. The van der Waals surface area contributed by atoms with Crippen LogP contribution in [0.1, 0.15) is 36.8 Å². The van der Waals surface area contributed by atoms with E-state index in [0.29, 0.717) is 41.5 Å². The molecular weight excluding hydrogens is 582 g/mol. The van der Waals surface area contributed by atoms with Crippen molar-refractivity contribution in [3.63, 3.8) is 0 Å². The molecule has 2 aliphatic rings. The van der Waals surface area contributed by atoms with E-state index in [9.17, 15) is 14.6 Å². The molecule has 10 heteroatoms. The van der Waals surface area contributed by atoms with Crippen LogP contribution < -0.4 is 19.7 Å². The van der Waals surface area contributed by atoms with Crippen LogP contribution in [0.5, 0.6) is 23.0 Å². The Morgan fingerprint density at radius 2 is 1.14 bits per heavy atom. The first kappa shape index (κ1) is 31.5. The maximum atomic E-state index is 14.0. The number of rotatable bonds is 12. The molecule has 0 N–H and O–H groups in total. The topological polar surface area (TPSA) is 95.8 Å². The van der Waals surface area contributed by atoms with Crippen LogP contribution in [0.4, 0.5) is 15.8 Å². The summed E-state index contributed by atoms with van der Waals surface area (Å²) < 4.78 is 25.5. The van der Waals surface area contributed by atoms with Crippen LogP contribution in [-0.2, 0) is 16.5 Å². The molecule has 0 bridgehead atoms. The first-order valence-corrected chi connectivity index (χ1v) is 14.2. The molecule has 3 aromatic carbocycles. The Kier molecular flexibility index (Phi) is 11.8. The van der Waals surface area contributed by atoms with Gasteiger partial charge in [0, 0.05) is 31.6 Å². The molecule has 2 fully saturated rings. The van der Waals surface area contributed by atoms with E-state index in [1.54, 1.807) is 24.3 Å². The molecule has 0 unspecified atom stereocenters. The van der Waals surface area contributed by atoms with E-state index in [1.807, 2.05) is 0 Å². The molecule has 0 aliphatic carbocycles. The van der Waals surface area contributed by atoms with Crippen LogP contribution in [0, 0.1) is 5.82 Å². The third-order valence-corrected chi connectivity index (χ3v) is 7.34. The summed E-state index contributed by atoms with van der Waals surface area (Å²) in [6.07, 6.45) is 7.70. The number of hydrogen-bond acceptors (Lipinski definition) is 8. The molecular formula is C32H35FN4NiO4. The fourth-order valence-corrected chi connectivity index (χ4v) is 5.01. The van der Waals surface area contributed by atoms with E-state index in [0.717, 1.165) is 39.3 Å². The molecule has 2 aliphatic heterocycles. The minimum absolute atomic E-state index is 0. The first-order valence-electron chi connectivity index (χ1n) is 14.2. The number of aliphatic imine (C=N–C) groups is 2. The quantitative estimate of drug-likeness (QED) is 0.221. The van der Waals surface area contributed by atoms with Gasteiger partial charge in [0.2, 0.25) is 0 Å². The Morgan fingerprint density at radius 1 is 0.667 bits per heavy atom. The minimum atomic E-state index is -0.486. The summed E-state index contributed by atoms with van der Waals surface area (Å²) in [6, 6.07) is 13.6. The van der Waals surface area contributed by atoms with Gasteiger partial charge in [0.15, 0.2) is 0 Å². The smallest absolute Gasteiger partial charge is 0.872 e. The number of benzene rings is 3. The third kappa shape index (κ3) is 9.02. The number of ether oxygens (including phenoxy) is 2. The zero-order valence-electron chi connectivity index (χ0n) is 23.5. The van der Waals surface area contributed by atoms with Gasteiger partial charge in [-0.3, -0.25) is 19.8 Å². The van der Waals surface area contributed by atoms with Crippen molar-refractivity contribution in [2.45, 2.75) is 25.7 Å². The van der Waals surface area contributed by atoms with E-state index in [-0.39, 0.29) is 33.7 Å². The third-order valence-electron chi connectivity index (χ3n) is 7.34. The number of halogens is 1. The van der Waals surface area contributed by atoms with Gasteiger partial charge in [0.1, 0.15) is 30.5 Å². The monoisotopic (exact) mass is 616 g/mol. The summed E-state index contributed by atoms with van der Waals surface area (Å²) in [4.78, 5) is 13.4. The van der Waals surface area contributed by atoms with Crippen LogP contribution >= 0.6 is 0 Å². The summed E-state index contributed by atoms with van der Waals surface area (Å²) in [5.74, 6) is 0.0831. The summed E-state index contributed by atoms with van der Waals surface area (Å²) in [5, 5.41) is 25.2. The SMILES string of the molecule is [Ni+2].[O-]c1cc(OCCN2CCCC2)ccc1C=Nc1ccc(F)cc1N=Cc1ccc(OCCN2CCCC2)cc1[O-]. The van der Waals surface area contributed by atoms with Crippen molar-refractivity contribution in [3.8, 4) is 23.0 Å². The fraction of sp³-hybridized carbons (Fsp3) is 0.375. The van der Waals surface area contributed by atoms with Gasteiger partial charge in [-0.25, -0.2) is 4.39 Å². The van der Waals surface area contributed by atoms with E-state index in [4.69, 9.17) is 9.47 Å². The van der Waals surface area contributed by atoms with Gasteiger partial charge in [-0.1, -0.05) is 23.6 Å². The summed E-state index contributed by atoms with van der Waals surface area (Å²) >= 11 is 0. The second-order valence-electron chi connectivity index (χ2n) is 10.3. The van der Waals surface area contributed by atoms with Gasteiger partial charge < -0.3 is 19.7 Å². The molecule has 3 aromatic rings. The summed E-state index contributed by atoms with van der Waals surface area (Å²) in [6.45, 7) is 7.12. The normalized spacial score (nSPS) is 15.9. The Balaban J connectivity index is 0.00000405. The molecule has 0 saturated carbocycles. The molecule has 5 rings (SSSR count). The predicted molar refractivity (Wildman–Crippen MR) is 155 cm³/mol. The molecule has 0 amide bonds. The minimum Gasteiger partial charge on any atom is -0.872 e. The van der Waals surface area contributed by atoms with E-state index in [2.05, 4.69) is 19.8 Å². The first-order chi connectivity index (χ1) is 20.0. The second kappa shape index (κ2) is 15.7. The van der Waals surface area contributed by atoms with E-state index in [1.165, 1.54) is 68.4 Å². The van der Waals surface area contributed by atoms with Gasteiger partial charge in [-0.2, -0.15) is 0 Å². The maximum Gasteiger partial charge on any atom is 2.00 e. The Labute approximate surface area is 256 Å². The van der Waals surface area contributed by atoms with Crippen LogP contribution in [0.25, 0.3) is 0 Å². The average molecular weight is 617 g/mol. The van der Waals surface area contributed by atoms with Gasteiger partial charge in [-0.05, 0) is 99.4 Å². The van der Waals surface area contributed by atoms with Crippen LogP contribution in [0.2, 0.25) is 0 Å². The summed E-state index contributed by atoms with van der Waals surface area (Å²) in [7, 11) is 0. The molecule has 2 saturated heterocycles. The molecule has 0 radical (unpaired) electrons. The van der Waals surface area contributed by atoms with Gasteiger partial charge >= 0.3 is 16.5 Å². The molecule has 0 spiro atoms. The molecule has 0 atom stereocenters. The molecule has 2 heterocycles. The van der Waals surface area contributed by atoms with Crippen molar-refractivity contribution >= 4 is 23.8 Å². The van der Waals surface area contributed by atoms with Gasteiger partial charge in [0.05, 0.1) is 11.4 Å². The van der Waals surface area contributed by atoms with Crippen molar-refractivity contribution in [2.75, 3.05) is 52.5 Å². The van der Waals surface area contributed by atoms with Crippen LogP contribution in [0.3, 0.4) is 0 Å². The van der Waals surface area contributed by atoms with Crippen molar-refractivity contribution in [2.24, 2.45) is 9.98 Å². The largest absolute Gasteiger partial charge is 2.00 e. The Morgan fingerprint density at radius 3 is 1.62 bits per heavy atom. The molecule has 42 heavy (non-hydrogen) atoms. The zero-order valence-corrected chi connectivity index (χ0v) is 24.4. The van der Waals surface area contributed by atoms with Crippen molar-refractivity contribution in [1.29, 1.82) is 0 Å². The second-order valence-corrected chi connectivity index (χ2v) is 10.3. The van der Waals surface area contributed by atoms with Crippen LogP contribution in [0.15, 0.2) is 64.6 Å². The predicted octanol–water partition coefficient (Wildman–Crippen LogP) is 4.42. The molecule has 0 aromatic heterocycles. The average Bonchev–Trinajstić information content (AvgIpc) is 3.68. The number of likely N-dealkylation sites (tertiary alicyclic amines) is 2. The fourth-order valence-electron chi connectivity index (χ4n) is 5.01. The van der Waals surface area contributed by atoms with Crippen molar-refractivity contribution in [3.05, 3.63) is 71.5 Å². The van der Waals surface area contributed by atoms with E-state index < -0.39 is 5.82 Å². The van der Waals surface area contributed by atoms with Gasteiger partial charge in [0.25, 0.3) is 0 Å². The number of hydrogen-bond donors (Lipinski definition) is 0. The maximum absolute atomic E-state index is 14.0. The molecule has 8 nitrogen and oxygen atoms in total. The molecule has 224 valence electrons. The van der Waals surface area contributed by atoms with Gasteiger partial charge in [-0.15, -0.1) is 0 Å². The van der Waals surface area contributed by atoms with Crippen LogP contribution in [-0.4, -0.2) is 74.7 Å². The van der Waals surface area contributed by atoms with Crippen molar-refractivity contribution in [1.82, 2.24) is 9.80 Å².